The molecule has 0 saturated carbocycles. The third kappa shape index (κ3) is 7.60. The molecule has 48 heavy (non-hydrogen) atoms. The van der Waals surface area contributed by atoms with Gasteiger partial charge in [-0.05, 0) is 86.7 Å². The van der Waals surface area contributed by atoms with Gasteiger partial charge in [-0.25, -0.2) is 13.6 Å². The number of piperazine rings is 1. The molecule has 1 aromatic carbocycles. The second kappa shape index (κ2) is 13.7. The van der Waals surface area contributed by atoms with Gasteiger partial charge in [-0.3, -0.25) is 4.90 Å². The number of nitrogens with zero attached hydrogens (tertiary/aromatic N) is 5. The molecule has 3 aliphatic heterocycles. The molecule has 1 amide bonds. The lowest BCUT2D eigenvalue weighted by Gasteiger charge is -2.48. The summed E-state index contributed by atoms with van der Waals surface area (Å²) in [5, 5.41) is 0.328. The van der Waals surface area contributed by atoms with Crippen molar-refractivity contribution in [2.24, 2.45) is 0 Å². The second-order valence-electron chi connectivity index (χ2n) is 16.1. The average molecular weight is 775 g/mol. The van der Waals surface area contributed by atoms with E-state index in [0.29, 0.717) is 54.8 Å². The van der Waals surface area contributed by atoms with E-state index in [1.807, 2.05) is 27.7 Å². The van der Waals surface area contributed by atoms with Crippen molar-refractivity contribution in [2.45, 2.75) is 122 Å². The Bertz CT molecular complexity index is 1530. The number of ether oxygens (including phenoxy) is 2. The molecule has 0 radical (unpaired) electrons. The van der Waals surface area contributed by atoms with Crippen LogP contribution in [0.2, 0.25) is 23.2 Å². The number of carbonyl (C=O) groups is 1. The summed E-state index contributed by atoms with van der Waals surface area (Å²) >= 11 is 9.95. The summed E-state index contributed by atoms with van der Waals surface area (Å²) in [5.41, 5.74) is -1.07. The Morgan fingerprint density at radius 2 is 1.85 bits per heavy atom. The number of hydrogen-bond acceptors (Lipinski definition) is 8. The van der Waals surface area contributed by atoms with Crippen molar-refractivity contribution in [2.75, 3.05) is 44.3 Å². The zero-order valence-electron chi connectivity index (χ0n) is 29.8. The van der Waals surface area contributed by atoms with Crippen molar-refractivity contribution in [3.8, 4) is 6.01 Å². The molecular formula is C34H51BrClF2N5O4Si. The van der Waals surface area contributed by atoms with Gasteiger partial charge >= 0.3 is 12.1 Å². The molecule has 3 fully saturated rings. The van der Waals surface area contributed by atoms with Crippen LogP contribution < -0.4 is 9.64 Å². The van der Waals surface area contributed by atoms with Crippen molar-refractivity contribution >= 4 is 58.7 Å². The number of anilines is 1. The topological polar surface area (TPSA) is 80.3 Å². The lowest BCUT2D eigenvalue weighted by atomic mass is 9.95. The highest BCUT2D eigenvalue weighted by Gasteiger charge is 2.50. The monoisotopic (exact) mass is 773 g/mol. The Labute approximate surface area is 298 Å². The fourth-order valence-electron chi connectivity index (χ4n) is 6.85. The van der Waals surface area contributed by atoms with Crippen LogP contribution in [0.25, 0.3) is 10.9 Å². The molecule has 4 heterocycles. The smallest absolute Gasteiger partial charge is 0.410 e. The van der Waals surface area contributed by atoms with Gasteiger partial charge in [0.25, 0.3) is 0 Å². The molecule has 3 aliphatic rings. The second-order valence-corrected chi connectivity index (χ2v) is 22.2. The standard InChI is InChI=1S/C34H51BrClF2N5O4Si/c1-10-22-17-42(23(19-46-48(8,9)33(5,6)7)18-43(22)31(44)47-32(2,3)4)29-26-24(35)14-25(36)27(38)28(26)39-30(40-29)45-20-34-12-11-13-41(34)16-21(37)15-34/h14,21-23H,10-13,15-20H2,1-9H3/t21-,22-,23+,34+/m1/s1. The fourth-order valence-corrected chi connectivity index (χ4v) is 8.82. The molecule has 14 heteroatoms. The van der Waals surface area contributed by atoms with Gasteiger partial charge in [0, 0.05) is 30.5 Å². The van der Waals surface area contributed by atoms with E-state index in [9.17, 15) is 9.18 Å². The third-order valence-electron chi connectivity index (χ3n) is 10.5. The average Bonchev–Trinajstić information content (AvgIpc) is 3.51. The van der Waals surface area contributed by atoms with Crippen LogP contribution in [0.5, 0.6) is 6.01 Å². The Hall–Kier alpha value is -1.80. The first-order valence-corrected chi connectivity index (χ1v) is 21.1. The number of halogens is 4. The zero-order valence-corrected chi connectivity index (χ0v) is 33.1. The van der Waals surface area contributed by atoms with Gasteiger partial charge in [-0.1, -0.05) is 39.3 Å². The lowest BCUT2D eigenvalue weighted by molar-refractivity contribution is 0.00794. The molecule has 4 atom stereocenters. The Morgan fingerprint density at radius 1 is 1.15 bits per heavy atom. The fraction of sp³-hybridized carbons (Fsp3) is 0.735. The molecule has 5 rings (SSSR count). The van der Waals surface area contributed by atoms with Gasteiger partial charge in [0.2, 0.25) is 0 Å². The minimum Gasteiger partial charge on any atom is -0.461 e. The Balaban J connectivity index is 1.58. The van der Waals surface area contributed by atoms with Crippen molar-refractivity contribution < 1.29 is 27.5 Å². The van der Waals surface area contributed by atoms with Crippen LogP contribution in [0.1, 0.15) is 74.1 Å². The van der Waals surface area contributed by atoms with Crippen LogP contribution >= 0.6 is 27.5 Å². The summed E-state index contributed by atoms with van der Waals surface area (Å²) in [6, 6.07) is 0.940. The first-order chi connectivity index (χ1) is 22.2. The van der Waals surface area contributed by atoms with Crippen LogP contribution in [-0.2, 0) is 9.16 Å². The van der Waals surface area contributed by atoms with Crippen LogP contribution in [0.3, 0.4) is 0 Å². The maximum absolute atomic E-state index is 15.8. The summed E-state index contributed by atoms with van der Waals surface area (Å²) in [5.74, 6) is -0.221. The molecule has 0 unspecified atom stereocenters. The van der Waals surface area contributed by atoms with Crippen LogP contribution in [0.4, 0.5) is 19.4 Å². The van der Waals surface area contributed by atoms with E-state index in [1.165, 1.54) is 6.07 Å². The summed E-state index contributed by atoms with van der Waals surface area (Å²) in [6.45, 7) is 21.0. The number of carbonyl (C=O) groups excluding carboxylic acids is 1. The Kier molecular flexibility index (Phi) is 10.7. The number of amides is 1. The summed E-state index contributed by atoms with van der Waals surface area (Å²) in [4.78, 5) is 29.1. The Morgan fingerprint density at radius 3 is 2.50 bits per heavy atom. The molecule has 268 valence electrons. The number of fused-ring (bicyclic) bond motifs is 2. The molecule has 0 aliphatic carbocycles. The van der Waals surface area contributed by atoms with Gasteiger partial charge in [-0.15, -0.1) is 0 Å². The normalized spacial score (nSPS) is 25.6. The minimum atomic E-state index is -2.21. The molecular weight excluding hydrogens is 724 g/mol. The van der Waals surface area contributed by atoms with E-state index in [0.717, 1.165) is 19.4 Å². The SMILES string of the molecule is CC[C@@H]1CN(c2nc(OC[C@@]34CCCN3C[C@H](F)C4)nc3c(F)c(Cl)cc(Br)c23)[C@H](CO[Si](C)(C)C(C)(C)C)CN1C(=O)OC(C)(C)C. The number of aromatic nitrogens is 2. The summed E-state index contributed by atoms with van der Waals surface area (Å²) in [6.07, 6.45) is 1.52. The number of hydrogen-bond donors (Lipinski definition) is 0. The van der Waals surface area contributed by atoms with E-state index in [1.54, 1.807) is 4.90 Å². The molecule has 0 spiro atoms. The highest BCUT2D eigenvalue weighted by molar-refractivity contribution is 9.10. The summed E-state index contributed by atoms with van der Waals surface area (Å²) < 4.78 is 49.8. The molecule has 0 bridgehead atoms. The number of benzene rings is 1. The van der Waals surface area contributed by atoms with Crippen molar-refractivity contribution in [1.29, 1.82) is 0 Å². The minimum absolute atomic E-state index is 0.000727. The zero-order chi connectivity index (χ0) is 35.4. The van der Waals surface area contributed by atoms with Gasteiger partial charge in [-0.2, -0.15) is 9.97 Å². The highest BCUT2D eigenvalue weighted by atomic mass is 79.9. The molecule has 3 saturated heterocycles. The van der Waals surface area contributed by atoms with Crippen molar-refractivity contribution in [3.63, 3.8) is 0 Å². The van der Waals surface area contributed by atoms with Crippen LogP contribution in [-0.4, -0.2) is 103 Å². The van der Waals surface area contributed by atoms with Gasteiger partial charge in [0.1, 0.15) is 29.7 Å². The highest BCUT2D eigenvalue weighted by Crippen LogP contribution is 2.43. The predicted octanol–water partition coefficient (Wildman–Crippen LogP) is 8.37. The number of alkyl halides is 1. The quantitative estimate of drug-likeness (QED) is 0.196. The maximum atomic E-state index is 15.8. The van der Waals surface area contributed by atoms with E-state index < -0.39 is 31.4 Å². The van der Waals surface area contributed by atoms with Gasteiger partial charge in [0.15, 0.2) is 14.1 Å². The maximum Gasteiger partial charge on any atom is 0.410 e. The van der Waals surface area contributed by atoms with E-state index >= 15 is 4.39 Å². The molecule has 0 N–H and O–H groups in total. The van der Waals surface area contributed by atoms with E-state index in [-0.39, 0.29) is 46.4 Å². The van der Waals surface area contributed by atoms with Crippen LogP contribution in [0, 0.1) is 5.82 Å². The molecule has 1 aromatic heterocycles. The lowest BCUT2D eigenvalue weighted by Crippen LogP contribution is -2.62. The first kappa shape index (κ1) is 37.5. The predicted molar refractivity (Wildman–Crippen MR) is 192 cm³/mol. The van der Waals surface area contributed by atoms with Gasteiger partial charge in [0.05, 0.1) is 34.6 Å². The number of rotatable bonds is 8. The first-order valence-electron chi connectivity index (χ1n) is 17.0. The molecule has 9 nitrogen and oxygen atoms in total. The van der Waals surface area contributed by atoms with E-state index in [4.69, 9.17) is 30.5 Å². The summed E-state index contributed by atoms with van der Waals surface area (Å²) in [7, 11) is -2.21. The third-order valence-corrected chi connectivity index (χ3v) is 15.9. The van der Waals surface area contributed by atoms with Crippen molar-refractivity contribution in [3.05, 3.63) is 21.4 Å². The largest absolute Gasteiger partial charge is 0.461 e. The van der Waals surface area contributed by atoms with E-state index in [2.05, 4.69) is 64.6 Å². The van der Waals surface area contributed by atoms with Crippen LogP contribution in [0.15, 0.2) is 10.5 Å². The van der Waals surface area contributed by atoms with Gasteiger partial charge < -0.3 is 23.7 Å². The van der Waals surface area contributed by atoms with Crippen molar-refractivity contribution in [1.82, 2.24) is 19.8 Å². The molecule has 2 aromatic rings.